The highest BCUT2D eigenvalue weighted by atomic mass is 16.3. The number of amides is 2. The number of rotatable bonds is 4. The van der Waals surface area contributed by atoms with E-state index in [1.807, 2.05) is 41.8 Å². The number of nitrogens with zero attached hydrogens (tertiary/aromatic N) is 2. The predicted molar refractivity (Wildman–Crippen MR) is 129 cm³/mol. The largest absolute Gasteiger partial charge is 0.463 e. The molecule has 2 amide bonds. The number of fused-ring (bicyclic) bond motifs is 3. The molecule has 2 aliphatic rings. The van der Waals surface area contributed by atoms with Crippen molar-refractivity contribution in [2.45, 2.75) is 71.5 Å². The molecule has 1 saturated carbocycles. The molecule has 0 spiro atoms. The Bertz CT molecular complexity index is 1190. The van der Waals surface area contributed by atoms with Crippen molar-refractivity contribution in [3.05, 3.63) is 53.9 Å². The fourth-order valence-electron chi connectivity index (χ4n) is 5.61. The maximum Gasteiger partial charge on any atom is 0.276 e. The molecule has 1 aliphatic heterocycles. The van der Waals surface area contributed by atoms with Crippen molar-refractivity contribution in [3.8, 4) is 0 Å². The Kier molecular flexibility index (Phi) is 5.34. The first-order valence-corrected chi connectivity index (χ1v) is 12.1. The first-order valence-electron chi connectivity index (χ1n) is 12.1. The maximum atomic E-state index is 14.0. The van der Waals surface area contributed by atoms with Gasteiger partial charge in [-0.15, -0.1) is 0 Å². The first kappa shape index (κ1) is 21.8. The average molecular weight is 448 g/mol. The molecule has 3 aromatic rings. The molecule has 5 rings (SSSR count). The van der Waals surface area contributed by atoms with Crippen LogP contribution in [-0.2, 0) is 17.8 Å². The van der Waals surface area contributed by atoms with Crippen molar-refractivity contribution >= 4 is 28.6 Å². The number of carbonyl (C=O) groups is 2. The molecule has 2 aromatic heterocycles. The van der Waals surface area contributed by atoms with Gasteiger partial charge in [-0.05, 0) is 49.3 Å². The van der Waals surface area contributed by atoms with Gasteiger partial charge >= 0.3 is 0 Å². The molecule has 0 saturated heterocycles. The third-order valence-electron chi connectivity index (χ3n) is 8.02. The van der Waals surface area contributed by atoms with Gasteiger partial charge in [0.25, 0.3) is 5.91 Å². The maximum absolute atomic E-state index is 14.0. The van der Waals surface area contributed by atoms with Gasteiger partial charge in [0.15, 0.2) is 5.58 Å². The van der Waals surface area contributed by atoms with E-state index in [9.17, 15) is 9.59 Å². The SMILES string of the molecule is CCc1ccc(N2C(=O)c3cc4occc4n3CC2(C)C(=O)NC2CCCC(C)C2C)cc1. The number of benzene rings is 1. The summed E-state index contributed by atoms with van der Waals surface area (Å²) in [5.74, 6) is 0.701. The van der Waals surface area contributed by atoms with E-state index in [-0.39, 0.29) is 17.9 Å². The molecule has 1 N–H and O–H groups in total. The summed E-state index contributed by atoms with van der Waals surface area (Å²) in [4.78, 5) is 29.5. The van der Waals surface area contributed by atoms with Crippen molar-refractivity contribution in [1.82, 2.24) is 9.88 Å². The van der Waals surface area contributed by atoms with Crippen LogP contribution in [0.2, 0.25) is 0 Å². The van der Waals surface area contributed by atoms with Crippen LogP contribution in [0, 0.1) is 11.8 Å². The van der Waals surface area contributed by atoms with Gasteiger partial charge in [-0.2, -0.15) is 0 Å². The van der Waals surface area contributed by atoms with E-state index < -0.39 is 5.54 Å². The summed E-state index contributed by atoms with van der Waals surface area (Å²) in [6.07, 6.45) is 5.84. The zero-order valence-corrected chi connectivity index (χ0v) is 19.9. The molecule has 1 aliphatic carbocycles. The molecule has 0 radical (unpaired) electrons. The summed E-state index contributed by atoms with van der Waals surface area (Å²) in [5, 5.41) is 3.35. The number of aryl methyl sites for hydroxylation is 1. The third-order valence-corrected chi connectivity index (χ3v) is 8.02. The van der Waals surface area contributed by atoms with Crippen LogP contribution in [0.1, 0.15) is 63.0 Å². The highest BCUT2D eigenvalue weighted by Crippen LogP contribution is 2.37. The van der Waals surface area contributed by atoms with Gasteiger partial charge in [0.05, 0.1) is 18.3 Å². The number of nitrogens with one attached hydrogen (secondary N) is 1. The van der Waals surface area contributed by atoms with E-state index in [0.717, 1.165) is 30.5 Å². The van der Waals surface area contributed by atoms with Gasteiger partial charge in [-0.1, -0.05) is 45.7 Å². The van der Waals surface area contributed by atoms with Gasteiger partial charge in [-0.3, -0.25) is 14.5 Å². The Balaban J connectivity index is 1.57. The van der Waals surface area contributed by atoms with Crippen LogP contribution < -0.4 is 10.2 Å². The van der Waals surface area contributed by atoms with Crippen molar-refractivity contribution in [3.63, 3.8) is 0 Å². The molecule has 174 valence electrons. The average Bonchev–Trinajstić information content (AvgIpc) is 3.40. The van der Waals surface area contributed by atoms with Crippen molar-refractivity contribution in [2.75, 3.05) is 4.90 Å². The Morgan fingerprint density at radius 1 is 1.18 bits per heavy atom. The lowest BCUT2D eigenvalue weighted by Gasteiger charge is -2.45. The lowest BCUT2D eigenvalue weighted by molar-refractivity contribution is -0.128. The molecule has 4 unspecified atom stereocenters. The van der Waals surface area contributed by atoms with Gasteiger partial charge < -0.3 is 14.3 Å². The van der Waals surface area contributed by atoms with Crippen LogP contribution >= 0.6 is 0 Å². The number of hydrogen-bond acceptors (Lipinski definition) is 3. The number of carbonyl (C=O) groups excluding carboxylic acids is 2. The number of hydrogen-bond donors (Lipinski definition) is 1. The molecular weight excluding hydrogens is 414 g/mol. The smallest absolute Gasteiger partial charge is 0.276 e. The van der Waals surface area contributed by atoms with Crippen molar-refractivity contribution in [1.29, 1.82) is 0 Å². The molecule has 6 nitrogen and oxygen atoms in total. The zero-order chi connectivity index (χ0) is 23.3. The van der Waals surface area contributed by atoms with E-state index in [1.165, 1.54) is 12.0 Å². The lowest BCUT2D eigenvalue weighted by atomic mass is 9.77. The fraction of sp³-hybridized carbons (Fsp3) is 0.481. The van der Waals surface area contributed by atoms with Crippen LogP contribution in [0.15, 0.2) is 47.1 Å². The predicted octanol–water partition coefficient (Wildman–Crippen LogP) is 5.16. The highest BCUT2D eigenvalue weighted by Gasteiger charge is 2.49. The highest BCUT2D eigenvalue weighted by molar-refractivity contribution is 6.13. The van der Waals surface area contributed by atoms with E-state index in [4.69, 9.17) is 4.42 Å². The Morgan fingerprint density at radius 3 is 2.67 bits per heavy atom. The summed E-state index contributed by atoms with van der Waals surface area (Å²) in [5.41, 5.74) is 2.93. The first-order chi connectivity index (χ1) is 15.8. The second-order valence-corrected chi connectivity index (χ2v) is 10.1. The summed E-state index contributed by atoms with van der Waals surface area (Å²) >= 11 is 0. The van der Waals surface area contributed by atoms with Gasteiger partial charge in [0, 0.05) is 23.9 Å². The molecule has 6 heteroatoms. The molecule has 3 heterocycles. The van der Waals surface area contributed by atoms with E-state index in [0.29, 0.717) is 29.7 Å². The minimum absolute atomic E-state index is 0.0997. The van der Waals surface area contributed by atoms with Gasteiger partial charge in [0.2, 0.25) is 5.91 Å². The van der Waals surface area contributed by atoms with Crippen LogP contribution in [0.4, 0.5) is 5.69 Å². The van der Waals surface area contributed by atoms with Crippen LogP contribution in [0.3, 0.4) is 0 Å². The lowest BCUT2D eigenvalue weighted by Crippen LogP contribution is -2.66. The fourth-order valence-corrected chi connectivity index (χ4v) is 5.61. The van der Waals surface area contributed by atoms with Crippen molar-refractivity contribution < 1.29 is 14.0 Å². The molecule has 33 heavy (non-hydrogen) atoms. The second kappa shape index (κ2) is 8.08. The van der Waals surface area contributed by atoms with Gasteiger partial charge in [-0.25, -0.2) is 0 Å². The topological polar surface area (TPSA) is 67.5 Å². The quantitative estimate of drug-likeness (QED) is 0.601. The minimum Gasteiger partial charge on any atom is -0.463 e. The number of anilines is 1. The molecular formula is C27H33N3O3. The number of furan rings is 1. The normalized spacial score (nSPS) is 27.6. The molecule has 4 atom stereocenters. The second-order valence-electron chi connectivity index (χ2n) is 10.1. The van der Waals surface area contributed by atoms with Crippen molar-refractivity contribution in [2.24, 2.45) is 11.8 Å². The standard InChI is InChI=1S/C27H33N3O3/c1-5-19-9-11-20(12-10-19)30-25(31)23-15-24-22(13-14-33-24)29(23)16-27(30,4)26(32)28-21-8-6-7-17(2)18(21)3/h9-15,17-18,21H,5-8,16H2,1-4H3,(H,28,32). The summed E-state index contributed by atoms with van der Waals surface area (Å²) in [7, 11) is 0. The van der Waals surface area contributed by atoms with E-state index in [2.05, 4.69) is 26.1 Å². The molecule has 0 bridgehead atoms. The van der Waals surface area contributed by atoms with Crippen LogP contribution in [0.25, 0.3) is 11.1 Å². The molecule has 1 fully saturated rings. The Hall–Kier alpha value is -3.02. The summed E-state index contributed by atoms with van der Waals surface area (Å²) in [6.45, 7) is 8.85. The summed E-state index contributed by atoms with van der Waals surface area (Å²) < 4.78 is 7.51. The van der Waals surface area contributed by atoms with Crippen LogP contribution in [-0.4, -0.2) is 28.0 Å². The zero-order valence-electron chi connectivity index (χ0n) is 19.9. The third kappa shape index (κ3) is 3.47. The number of aromatic nitrogens is 1. The van der Waals surface area contributed by atoms with Crippen LogP contribution in [0.5, 0.6) is 0 Å². The van der Waals surface area contributed by atoms with Gasteiger partial charge in [0.1, 0.15) is 11.2 Å². The Morgan fingerprint density at radius 2 is 1.94 bits per heavy atom. The van der Waals surface area contributed by atoms with E-state index >= 15 is 0 Å². The Labute approximate surface area is 194 Å². The monoisotopic (exact) mass is 447 g/mol. The molecule has 1 aromatic carbocycles. The van der Waals surface area contributed by atoms with E-state index in [1.54, 1.807) is 17.2 Å². The summed E-state index contributed by atoms with van der Waals surface area (Å²) in [6, 6.07) is 11.7. The minimum atomic E-state index is -1.07.